The zero-order chi connectivity index (χ0) is 14.5. The minimum absolute atomic E-state index is 0.273. The molecule has 5 heteroatoms. The fourth-order valence-electron chi connectivity index (χ4n) is 1.84. The molecular weight excluding hydrogens is 254 g/mol. The molecule has 0 spiro atoms. The first-order chi connectivity index (χ1) is 9.61. The van der Waals surface area contributed by atoms with Crippen LogP contribution < -0.4 is 10.1 Å². The molecule has 0 atom stereocenters. The predicted octanol–water partition coefficient (Wildman–Crippen LogP) is 2.74. The number of nitrogens with zero attached hydrogens (tertiary/aromatic N) is 2. The summed E-state index contributed by atoms with van der Waals surface area (Å²) in [6.07, 6.45) is 4.46. The highest BCUT2D eigenvalue weighted by atomic mass is 16.5. The summed E-state index contributed by atoms with van der Waals surface area (Å²) in [4.78, 5) is 19.9. The lowest BCUT2D eigenvalue weighted by Crippen LogP contribution is -2.14. The fourth-order valence-corrected chi connectivity index (χ4v) is 1.84. The second-order valence-corrected chi connectivity index (χ2v) is 4.41. The largest absolute Gasteiger partial charge is 0.494 e. The van der Waals surface area contributed by atoms with Gasteiger partial charge in [0.05, 0.1) is 12.8 Å². The molecule has 0 bridgehead atoms. The van der Waals surface area contributed by atoms with Crippen molar-refractivity contribution in [1.29, 1.82) is 0 Å². The van der Waals surface area contributed by atoms with Crippen LogP contribution in [-0.2, 0) is 0 Å². The van der Waals surface area contributed by atoms with E-state index in [0.29, 0.717) is 12.3 Å². The molecule has 0 saturated carbocycles. The molecule has 1 amide bonds. The number of ether oxygens (including phenoxy) is 1. The van der Waals surface area contributed by atoms with E-state index in [0.717, 1.165) is 22.6 Å². The molecule has 20 heavy (non-hydrogen) atoms. The second-order valence-electron chi connectivity index (χ2n) is 4.41. The van der Waals surface area contributed by atoms with Crippen molar-refractivity contribution < 1.29 is 9.53 Å². The molecular formula is C15H17N3O2. The van der Waals surface area contributed by atoms with Gasteiger partial charge in [0.15, 0.2) is 0 Å². The zero-order valence-electron chi connectivity index (χ0n) is 11.8. The first-order valence-corrected chi connectivity index (χ1v) is 6.43. The van der Waals surface area contributed by atoms with Crippen LogP contribution in [0.3, 0.4) is 0 Å². The highest BCUT2D eigenvalue weighted by Crippen LogP contribution is 2.26. The molecule has 2 aromatic rings. The van der Waals surface area contributed by atoms with Crippen LogP contribution in [0.4, 0.5) is 5.69 Å². The Balaban J connectivity index is 2.22. The summed E-state index contributed by atoms with van der Waals surface area (Å²) >= 11 is 0. The normalized spacial score (nSPS) is 10.2. The summed E-state index contributed by atoms with van der Waals surface area (Å²) in [6, 6.07) is 3.82. The minimum Gasteiger partial charge on any atom is -0.494 e. The predicted molar refractivity (Wildman–Crippen MR) is 77.1 cm³/mol. The summed E-state index contributed by atoms with van der Waals surface area (Å²) in [6.45, 7) is 6.43. The number of amides is 1. The van der Waals surface area contributed by atoms with E-state index in [4.69, 9.17) is 4.74 Å². The van der Waals surface area contributed by atoms with Gasteiger partial charge in [-0.2, -0.15) is 0 Å². The minimum atomic E-state index is -0.273. The average molecular weight is 271 g/mol. The van der Waals surface area contributed by atoms with E-state index in [9.17, 15) is 4.79 Å². The van der Waals surface area contributed by atoms with Gasteiger partial charge < -0.3 is 10.1 Å². The molecule has 1 heterocycles. The Hall–Kier alpha value is -2.43. The Bertz CT molecular complexity index is 612. The van der Waals surface area contributed by atoms with Gasteiger partial charge in [-0.3, -0.25) is 9.78 Å². The SMILES string of the molecule is CCOc1cc(C)c(NC(=O)c2cnccn2)cc1C. The smallest absolute Gasteiger partial charge is 0.275 e. The summed E-state index contributed by atoms with van der Waals surface area (Å²) in [5.74, 6) is 0.562. The van der Waals surface area contributed by atoms with Crippen molar-refractivity contribution in [3.63, 3.8) is 0 Å². The van der Waals surface area contributed by atoms with Crippen LogP contribution in [0.2, 0.25) is 0 Å². The van der Waals surface area contributed by atoms with E-state index in [-0.39, 0.29) is 5.91 Å². The summed E-state index contributed by atoms with van der Waals surface area (Å²) in [5, 5.41) is 2.84. The molecule has 5 nitrogen and oxygen atoms in total. The van der Waals surface area contributed by atoms with Gasteiger partial charge in [0.1, 0.15) is 11.4 Å². The number of benzene rings is 1. The van der Waals surface area contributed by atoms with E-state index >= 15 is 0 Å². The molecule has 1 aromatic heterocycles. The number of carbonyl (C=O) groups is 1. The van der Waals surface area contributed by atoms with E-state index in [2.05, 4.69) is 15.3 Å². The molecule has 104 valence electrons. The molecule has 0 unspecified atom stereocenters. The number of hydrogen-bond acceptors (Lipinski definition) is 4. The lowest BCUT2D eigenvalue weighted by atomic mass is 10.1. The van der Waals surface area contributed by atoms with Crippen molar-refractivity contribution in [2.24, 2.45) is 0 Å². The van der Waals surface area contributed by atoms with Gasteiger partial charge in [0.2, 0.25) is 0 Å². The monoisotopic (exact) mass is 271 g/mol. The molecule has 0 aliphatic carbocycles. The molecule has 0 fully saturated rings. The molecule has 0 radical (unpaired) electrons. The van der Waals surface area contributed by atoms with Gasteiger partial charge in [-0.25, -0.2) is 4.98 Å². The van der Waals surface area contributed by atoms with Crippen LogP contribution in [-0.4, -0.2) is 22.5 Å². The number of hydrogen-bond donors (Lipinski definition) is 1. The third-order valence-electron chi connectivity index (χ3n) is 2.87. The maximum Gasteiger partial charge on any atom is 0.275 e. The van der Waals surface area contributed by atoms with Gasteiger partial charge in [-0.05, 0) is 44.0 Å². The van der Waals surface area contributed by atoms with Crippen LogP contribution in [0.5, 0.6) is 5.75 Å². The number of nitrogens with one attached hydrogen (secondary N) is 1. The van der Waals surface area contributed by atoms with Crippen LogP contribution in [0.1, 0.15) is 28.5 Å². The standard InChI is InChI=1S/C15H17N3O2/c1-4-20-14-8-10(2)12(7-11(14)3)18-15(19)13-9-16-5-6-17-13/h5-9H,4H2,1-3H3,(H,18,19). The Morgan fingerprint density at radius 2 is 2.05 bits per heavy atom. The van der Waals surface area contributed by atoms with Crippen molar-refractivity contribution in [2.45, 2.75) is 20.8 Å². The van der Waals surface area contributed by atoms with Crippen molar-refractivity contribution in [2.75, 3.05) is 11.9 Å². The maximum atomic E-state index is 12.0. The molecule has 0 aliphatic heterocycles. The van der Waals surface area contributed by atoms with Gasteiger partial charge >= 0.3 is 0 Å². The van der Waals surface area contributed by atoms with E-state index < -0.39 is 0 Å². The second kappa shape index (κ2) is 6.14. The zero-order valence-corrected chi connectivity index (χ0v) is 11.8. The van der Waals surface area contributed by atoms with E-state index in [1.807, 2.05) is 32.9 Å². The van der Waals surface area contributed by atoms with Crippen LogP contribution >= 0.6 is 0 Å². The topological polar surface area (TPSA) is 64.1 Å². The third kappa shape index (κ3) is 3.12. The highest BCUT2D eigenvalue weighted by Gasteiger charge is 2.11. The van der Waals surface area contributed by atoms with E-state index in [1.165, 1.54) is 18.6 Å². The van der Waals surface area contributed by atoms with E-state index in [1.54, 1.807) is 0 Å². The first-order valence-electron chi connectivity index (χ1n) is 6.43. The van der Waals surface area contributed by atoms with Gasteiger partial charge in [-0.1, -0.05) is 0 Å². The Labute approximate surface area is 118 Å². The molecule has 2 rings (SSSR count). The van der Waals surface area contributed by atoms with Gasteiger partial charge in [0, 0.05) is 18.1 Å². The number of anilines is 1. The number of aromatic nitrogens is 2. The maximum absolute atomic E-state index is 12.0. The fraction of sp³-hybridized carbons (Fsp3) is 0.267. The Morgan fingerprint density at radius 3 is 2.70 bits per heavy atom. The van der Waals surface area contributed by atoms with Crippen LogP contribution in [0.25, 0.3) is 0 Å². The summed E-state index contributed by atoms with van der Waals surface area (Å²) < 4.78 is 5.53. The number of aryl methyl sites for hydroxylation is 2. The molecule has 1 aromatic carbocycles. The highest BCUT2D eigenvalue weighted by molar-refractivity contribution is 6.03. The van der Waals surface area contributed by atoms with Gasteiger partial charge in [-0.15, -0.1) is 0 Å². The number of rotatable bonds is 4. The Morgan fingerprint density at radius 1 is 1.25 bits per heavy atom. The third-order valence-corrected chi connectivity index (χ3v) is 2.87. The van der Waals surface area contributed by atoms with Crippen molar-refractivity contribution >= 4 is 11.6 Å². The Kier molecular flexibility index (Phi) is 4.30. The van der Waals surface area contributed by atoms with Crippen molar-refractivity contribution in [1.82, 2.24) is 9.97 Å². The van der Waals surface area contributed by atoms with Crippen molar-refractivity contribution in [3.05, 3.63) is 47.5 Å². The quantitative estimate of drug-likeness (QED) is 0.928. The molecule has 0 saturated heterocycles. The first kappa shape index (κ1) is 14.0. The summed E-state index contributed by atoms with van der Waals surface area (Å²) in [7, 11) is 0. The molecule has 0 aliphatic rings. The number of carbonyl (C=O) groups excluding carboxylic acids is 1. The van der Waals surface area contributed by atoms with Crippen LogP contribution in [0, 0.1) is 13.8 Å². The lowest BCUT2D eigenvalue weighted by Gasteiger charge is -2.13. The molecule has 1 N–H and O–H groups in total. The average Bonchev–Trinajstić information content (AvgIpc) is 2.45. The summed E-state index contributed by atoms with van der Waals surface area (Å²) in [5.41, 5.74) is 2.96. The lowest BCUT2D eigenvalue weighted by molar-refractivity contribution is 0.102. The van der Waals surface area contributed by atoms with Crippen molar-refractivity contribution in [3.8, 4) is 5.75 Å². The van der Waals surface area contributed by atoms with Gasteiger partial charge in [0.25, 0.3) is 5.91 Å². The van der Waals surface area contributed by atoms with Crippen LogP contribution in [0.15, 0.2) is 30.7 Å².